The molecule has 118 valence electrons. The summed E-state index contributed by atoms with van der Waals surface area (Å²) in [5.74, 6) is -0.445. The number of hydrogen-bond acceptors (Lipinski definition) is 7. The van der Waals surface area contributed by atoms with E-state index in [9.17, 15) is 9.59 Å². The minimum Gasteiger partial charge on any atom is -0.462 e. The van der Waals surface area contributed by atoms with E-state index in [1.807, 2.05) is 0 Å². The molecule has 3 rings (SSSR count). The molecule has 0 fully saturated rings. The van der Waals surface area contributed by atoms with Crippen LogP contribution in [0.25, 0.3) is 16.0 Å². The second kappa shape index (κ2) is 5.81. The number of nitrogens with two attached hydrogens (primary N) is 1. The zero-order valence-electron chi connectivity index (χ0n) is 12.6. The van der Waals surface area contributed by atoms with Crippen LogP contribution < -0.4 is 11.3 Å². The first-order chi connectivity index (χ1) is 11.0. The topological polar surface area (TPSA) is 100 Å². The van der Waals surface area contributed by atoms with Crippen molar-refractivity contribution in [3.63, 3.8) is 0 Å². The van der Waals surface area contributed by atoms with Crippen LogP contribution in [0.4, 0.5) is 5.69 Å². The van der Waals surface area contributed by atoms with E-state index in [4.69, 9.17) is 10.5 Å². The average Bonchev–Trinajstić information content (AvgIpc) is 2.90. The molecule has 0 bridgehead atoms. The van der Waals surface area contributed by atoms with E-state index in [2.05, 4.69) is 9.97 Å². The Bertz CT molecular complexity index is 961. The van der Waals surface area contributed by atoms with E-state index in [1.165, 1.54) is 10.9 Å². The number of thiazole rings is 1. The molecule has 0 aliphatic carbocycles. The molecule has 1 aromatic carbocycles. The molecule has 2 aromatic heterocycles. The molecule has 0 unspecified atom stereocenters. The predicted octanol–water partition coefficient (Wildman–Crippen LogP) is 1.91. The summed E-state index contributed by atoms with van der Waals surface area (Å²) in [6.07, 6.45) is 1.40. The van der Waals surface area contributed by atoms with Gasteiger partial charge in [0.2, 0.25) is 0 Å². The van der Waals surface area contributed by atoms with Gasteiger partial charge in [-0.1, -0.05) is 11.3 Å². The van der Waals surface area contributed by atoms with E-state index in [-0.39, 0.29) is 12.2 Å². The van der Waals surface area contributed by atoms with Gasteiger partial charge >= 0.3 is 5.97 Å². The molecular weight excluding hydrogens is 316 g/mol. The number of hydrogen-bond donors (Lipinski definition) is 1. The Morgan fingerprint density at radius 3 is 2.96 bits per heavy atom. The first-order valence-electron chi connectivity index (χ1n) is 6.93. The van der Waals surface area contributed by atoms with Crippen molar-refractivity contribution in [1.29, 1.82) is 0 Å². The largest absolute Gasteiger partial charge is 0.462 e. The van der Waals surface area contributed by atoms with Crippen molar-refractivity contribution >= 4 is 33.9 Å². The van der Waals surface area contributed by atoms with Gasteiger partial charge in [0.15, 0.2) is 5.13 Å². The Hall–Kier alpha value is -2.74. The van der Waals surface area contributed by atoms with Gasteiger partial charge in [-0.15, -0.1) is 0 Å². The van der Waals surface area contributed by atoms with Gasteiger partial charge in [0.1, 0.15) is 11.2 Å². The zero-order chi connectivity index (χ0) is 16.6. The Balaban J connectivity index is 2.14. The molecule has 2 heterocycles. The van der Waals surface area contributed by atoms with E-state index in [0.29, 0.717) is 32.3 Å². The third-order valence-electron chi connectivity index (χ3n) is 3.23. The van der Waals surface area contributed by atoms with Crippen LogP contribution in [-0.2, 0) is 4.74 Å². The molecular formula is C15H14N4O3S. The molecule has 3 aromatic rings. The van der Waals surface area contributed by atoms with Gasteiger partial charge in [0.05, 0.1) is 23.2 Å². The average molecular weight is 330 g/mol. The lowest BCUT2D eigenvalue weighted by Gasteiger charge is -2.03. The maximum absolute atomic E-state index is 12.6. The van der Waals surface area contributed by atoms with E-state index < -0.39 is 5.97 Å². The number of benzene rings is 1. The lowest BCUT2D eigenvalue weighted by molar-refractivity contribution is 0.0531. The number of nitrogens with zero attached hydrogens (tertiary/aromatic N) is 3. The van der Waals surface area contributed by atoms with Gasteiger partial charge in [0.25, 0.3) is 5.56 Å². The molecule has 7 nitrogen and oxygen atoms in total. The van der Waals surface area contributed by atoms with Gasteiger partial charge in [-0.3, -0.25) is 4.79 Å². The Morgan fingerprint density at radius 2 is 2.22 bits per heavy atom. The maximum atomic E-state index is 12.6. The first kappa shape index (κ1) is 15.2. The van der Waals surface area contributed by atoms with E-state index >= 15 is 0 Å². The minimum absolute atomic E-state index is 0.280. The molecule has 0 amide bonds. The molecule has 0 spiro atoms. The highest BCUT2D eigenvalue weighted by Crippen LogP contribution is 2.22. The van der Waals surface area contributed by atoms with Crippen LogP contribution in [0.2, 0.25) is 0 Å². The number of aryl methyl sites for hydroxylation is 1. The van der Waals surface area contributed by atoms with Gasteiger partial charge < -0.3 is 10.5 Å². The molecule has 0 aliphatic heterocycles. The highest BCUT2D eigenvalue weighted by Gasteiger charge is 2.18. The lowest BCUT2D eigenvalue weighted by Crippen LogP contribution is -2.18. The van der Waals surface area contributed by atoms with Crippen molar-refractivity contribution in [3.8, 4) is 5.13 Å². The standard InChI is InChI=1S/C15H14N4O3S/c1-3-22-14(21)12-8(2)18-15(23-12)19-7-17-11-5-4-9(16)6-10(11)13(19)20/h4-7H,3,16H2,1-2H3. The summed E-state index contributed by atoms with van der Waals surface area (Å²) >= 11 is 1.09. The van der Waals surface area contributed by atoms with Gasteiger partial charge in [-0.05, 0) is 32.0 Å². The lowest BCUT2D eigenvalue weighted by atomic mass is 10.2. The number of fused-ring (bicyclic) bond motifs is 1. The number of aromatic nitrogens is 3. The van der Waals surface area contributed by atoms with Crippen LogP contribution in [0.1, 0.15) is 22.3 Å². The summed E-state index contributed by atoms with van der Waals surface area (Å²) < 4.78 is 6.29. The van der Waals surface area contributed by atoms with Crippen LogP contribution in [0, 0.1) is 6.92 Å². The second-order valence-corrected chi connectivity index (χ2v) is 5.81. The number of nitrogen functional groups attached to an aromatic ring is 1. The number of rotatable bonds is 3. The summed E-state index contributed by atoms with van der Waals surface area (Å²) in [5, 5.41) is 0.769. The summed E-state index contributed by atoms with van der Waals surface area (Å²) in [4.78, 5) is 33.4. The third kappa shape index (κ3) is 2.68. The van der Waals surface area contributed by atoms with Crippen molar-refractivity contribution in [3.05, 3.63) is 45.5 Å². The molecule has 23 heavy (non-hydrogen) atoms. The van der Waals surface area contributed by atoms with Crippen molar-refractivity contribution in [2.45, 2.75) is 13.8 Å². The highest BCUT2D eigenvalue weighted by molar-refractivity contribution is 7.16. The predicted molar refractivity (Wildman–Crippen MR) is 88.1 cm³/mol. The SMILES string of the molecule is CCOC(=O)c1sc(-n2cnc3ccc(N)cc3c2=O)nc1C. The summed E-state index contributed by atoms with van der Waals surface area (Å²) in [6, 6.07) is 4.95. The molecule has 2 N–H and O–H groups in total. The minimum atomic E-state index is -0.445. The number of anilines is 1. The van der Waals surface area contributed by atoms with Crippen LogP contribution in [0.15, 0.2) is 29.3 Å². The van der Waals surface area contributed by atoms with Crippen molar-refractivity contribution in [2.75, 3.05) is 12.3 Å². The number of carbonyl (C=O) groups excluding carboxylic acids is 1. The maximum Gasteiger partial charge on any atom is 0.350 e. The van der Waals surface area contributed by atoms with Gasteiger partial charge in [-0.2, -0.15) is 0 Å². The smallest absolute Gasteiger partial charge is 0.350 e. The molecule has 0 saturated heterocycles. The fourth-order valence-corrected chi connectivity index (χ4v) is 3.08. The number of carbonyl (C=O) groups is 1. The summed E-state index contributed by atoms with van der Waals surface area (Å²) in [6.45, 7) is 3.71. The molecule has 0 atom stereocenters. The number of esters is 1. The highest BCUT2D eigenvalue weighted by atomic mass is 32.1. The molecule has 0 saturated carbocycles. The monoisotopic (exact) mass is 330 g/mol. The normalized spacial score (nSPS) is 10.9. The van der Waals surface area contributed by atoms with E-state index in [1.54, 1.807) is 32.0 Å². The van der Waals surface area contributed by atoms with Crippen molar-refractivity contribution < 1.29 is 9.53 Å². The number of ether oxygens (including phenoxy) is 1. The molecule has 0 radical (unpaired) electrons. The first-order valence-corrected chi connectivity index (χ1v) is 7.74. The van der Waals surface area contributed by atoms with Gasteiger partial charge in [-0.25, -0.2) is 19.3 Å². The van der Waals surface area contributed by atoms with E-state index in [0.717, 1.165) is 11.3 Å². The third-order valence-corrected chi connectivity index (χ3v) is 4.37. The Kier molecular flexibility index (Phi) is 3.83. The van der Waals surface area contributed by atoms with Crippen LogP contribution in [0.5, 0.6) is 0 Å². The van der Waals surface area contributed by atoms with Crippen LogP contribution >= 0.6 is 11.3 Å². The fourth-order valence-electron chi connectivity index (χ4n) is 2.15. The van der Waals surface area contributed by atoms with Crippen molar-refractivity contribution in [1.82, 2.24) is 14.5 Å². The van der Waals surface area contributed by atoms with Gasteiger partial charge in [0, 0.05) is 5.69 Å². The molecule has 0 aliphatic rings. The zero-order valence-corrected chi connectivity index (χ0v) is 13.4. The van der Waals surface area contributed by atoms with Crippen molar-refractivity contribution in [2.24, 2.45) is 0 Å². The fraction of sp³-hybridized carbons (Fsp3) is 0.200. The van der Waals surface area contributed by atoms with Crippen LogP contribution in [0.3, 0.4) is 0 Å². The summed E-state index contributed by atoms with van der Waals surface area (Å²) in [5.41, 5.74) is 7.00. The Morgan fingerprint density at radius 1 is 1.43 bits per heavy atom. The summed E-state index contributed by atoms with van der Waals surface area (Å²) in [7, 11) is 0. The van der Waals surface area contributed by atoms with Crippen LogP contribution in [-0.4, -0.2) is 27.1 Å². The molecule has 8 heteroatoms. The Labute approximate surface area is 135 Å². The second-order valence-electron chi connectivity index (χ2n) is 4.83. The quantitative estimate of drug-likeness (QED) is 0.581.